The smallest absolute Gasteiger partial charge is 0.295 e. The van der Waals surface area contributed by atoms with Crippen LogP contribution in [0.4, 0.5) is 5.69 Å². The van der Waals surface area contributed by atoms with Crippen LogP contribution < -0.4 is 4.74 Å². The highest BCUT2D eigenvalue weighted by Crippen LogP contribution is 2.40. The molecule has 1 N–H and O–H groups in total. The molecular formula is C26H29N3O7. The van der Waals surface area contributed by atoms with Crippen molar-refractivity contribution in [1.82, 2.24) is 9.80 Å². The minimum atomic E-state index is -0.957. The van der Waals surface area contributed by atoms with E-state index in [0.717, 1.165) is 6.42 Å². The number of carbonyl (C=O) groups is 2. The van der Waals surface area contributed by atoms with Crippen molar-refractivity contribution in [3.8, 4) is 5.75 Å². The van der Waals surface area contributed by atoms with E-state index in [2.05, 4.69) is 4.90 Å². The number of amides is 1. The molecular weight excluding hydrogens is 466 g/mol. The summed E-state index contributed by atoms with van der Waals surface area (Å²) in [5.41, 5.74) is 0.476. The van der Waals surface area contributed by atoms with E-state index in [4.69, 9.17) is 9.47 Å². The molecule has 0 bridgehead atoms. The zero-order valence-electron chi connectivity index (χ0n) is 20.1. The molecule has 190 valence electrons. The summed E-state index contributed by atoms with van der Waals surface area (Å²) in [5.74, 6) is -1.28. The maximum atomic E-state index is 13.2. The van der Waals surface area contributed by atoms with Gasteiger partial charge in [0.15, 0.2) is 0 Å². The number of hydrogen-bond acceptors (Lipinski definition) is 8. The maximum Gasteiger partial charge on any atom is 0.295 e. The van der Waals surface area contributed by atoms with Gasteiger partial charge in [0, 0.05) is 43.9 Å². The Labute approximate surface area is 208 Å². The molecule has 2 heterocycles. The first-order chi connectivity index (χ1) is 17.4. The van der Waals surface area contributed by atoms with Crippen molar-refractivity contribution < 1.29 is 29.1 Å². The number of hydrogen-bond donors (Lipinski definition) is 1. The monoisotopic (exact) mass is 495 g/mol. The SMILES string of the molecule is CCCOc1ccc(C(O)=C2C(=O)C(=O)N(CCN3CCOCC3)[C@@H]2c2cccc([N+](=O)[O-])c2)cc1. The number of non-ortho nitro benzene ring substituents is 1. The summed E-state index contributed by atoms with van der Waals surface area (Å²) < 4.78 is 11.0. The van der Waals surface area contributed by atoms with E-state index in [0.29, 0.717) is 56.3 Å². The number of ether oxygens (including phenoxy) is 2. The van der Waals surface area contributed by atoms with E-state index in [1.54, 1.807) is 30.3 Å². The zero-order valence-corrected chi connectivity index (χ0v) is 20.1. The van der Waals surface area contributed by atoms with E-state index < -0.39 is 22.7 Å². The number of nitrogens with zero attached hydrogens (tertiary/aromatic N) is 3. The molecule has 0 unspecified atom stereocenters. The van der Waals surface area contributed by atoms with Gasteiger partial charge >= 0.3 is 0 Å². The van der Waals surface area contributed by atoms with Gasteiger partial charge in [-0.25, -0.2) is 0 Å². The highest BCUT2D eigenvalue weighted by atomic mass is 16.6. The predicted molar refractivity (Wildman–Crippen MR) is 132 cm³/mol. The summed E-state index contributed by atoms with van der Waals surface area (Å²) in [4.78, 5) is 40.7. The van der Waals surface area contributed by atoms with Crippen molar-refractivity contribution in [3.63, 3.8) is 0 Å². The summed E-state index contributed by atoms with van der Waals surface area (Å²) in [5, 5.41) is 22.6. The Morgan fingerprint density at radius 2 is 1.86 bits per heavy atom. The molecule has 2 aliphatic heterocycles. The van der Waals surface area contributed by atoms with Crippen LogP contribution >= 0.6 is 0 Å². The van der Waals surface area contributed by atoms with Gasteiger partial charge in [-0.05, 0) is 36.2 Å². The Bertz CT molecular complexity index is 1160. The van der Waals surface area contributed by atoms with Crippen molar-refractivity contribution >= 4 is 23.1 Å². The molecule has 0 radical (unpaired) electrons. The minimum absolute atomic E-state index is 0.0929. The summed E-state index contributed by atoms with van der Waals surface area (Å²) >= 11 is 0. The lowest BCUT2D eigenvalue weighted by Crippen LogP contribution is -2.42. The van der Waals surface area contributed by atoms with Crippen molar-refractivity contribution in [2.45, 2.75) is 19.4 Å². The van der Waals surface area contributed by atoms with Crippen LogP contribution in [0.15, 0.2) is 54.1 Å². The lowest BCUT2D eigenvalue weighted by molar-refractivity contribution is -0.384. The Morgan fingerprint density at radius 3 is 2.53 bits per heavy atom. The Hall–Kier alpha value is -3.76. The number of nitro groups is 1. The molecule has 1 amide bonds. The van der Waals surface area contributed by atoms with Crippen LogP contribution in [0.25, 0.3) is 5.76 Å². The zero-order chi connectivity index (χ0) is 25.7. The summed E-state index contributed by atoms with van der Waals surface area (Å²) in [6, 6.07) is 11.5. The van der Waals surface area contributed by atoms with E-state index in [-0.39, 0.29) is 23.6 Å². The molecule has 0 saturated carbocycles. The van der Waals surface area contributed by atoms with Crippen molar-refractivity contribution in [1.29, 1.82) is 0 Å². The van der Waals surface area contributed by atoms with Crippen molar-refractivity contribution in [3.05, 3.63) is 75.3 Å². The van der Waals surface area contributed by atoms with Gasteiger partial charge in [-0.3, -0.25) is 24.6 Å². The minimum Gasteiger partial charge on any atom is -0.507 e. The first-order valence-electron chi connectivity index (χ1n) is 12.0. The van der Waals surface area contributed by atoms with Gasteiger partial charge in [0.05, 0.1) is 36.4 Å². The summed E-state index contributed by atoms with van der Waals surface area (Å²) in [6.45, 7) is 5.86. The first-order valence-corrected chi connectivity index (χ1v) is 12.0. The fourth-order valence-electron chi connectivity index (χ4n) is 4.42. The number of aliphatic hydroxyl groups is 1. The van der Waals surface area contributed by atoms with E-state index >= 15 is 0 Å². The third kappa shape index (κ3) is 5.39. The highest BCUT2D eigenvalue weighted by molar-refractivity contribution is 6.46. The lowest BCUT2D eigenvalue weighted by atomic mass is 9.95. The van der Waals surface area contributed by atoms with E-state index in [1.807, 2.05) is 6.92 Å². The summed E-state index contributed by atoms with van der Waals surface area (Å²) in [6.07, 6.45) is 0.846. The van der Waals surface area contributed by atoms with Crippen LogP contribution in [0, 0.1) is 10.1 Å². The van der Waals surface area contributed by atoms with Gasteiger partial charge in [0.2, 0.25) is 0 Å². The number of Topliss-reactive ketones (excluding diaryl/α,β-unsaturated/α-hetero) is 1. The number of morpholine rings is 1. The van der Waals surface area contributed by atoms with Gasteiger partial charge in [0.25, 0.3) is 17.4 Å². The topological polar surface area (TPSA) is 122 Å². The van der Waals surface area contributed by atoms with E-state index in [1.165, 1.54) is 23.1 Å². The van der Waals surface area contributed by atoms with Gasteiger partial charge in [-0.2, -0.15) is 0 Å². The number of ketones is 1. The standard InChI is InChI=1S/C26H29N3O7/c1-2-14-36-21-8-6-18(7-9-21)24(30)22-23(19-4-3-5-20(17-19)29(33)34)28(26(32)25(22)31)11-10-27-12-15-35-16-13-27/h3-9,17,23,30H,2,10-16H2,1H3/t23-/m1/s1. The largest absolute Gasteiger partial charge is 0.507 e. The second-order valence-corrected chi connectivity index (χ2v) is 8.67. The lowest BCUT2D eigenvalue weighted by Gasteiger charge is -2.31. The normalized spacial score (nSPS) is 20.0. The van der Waals surface area contributed by atoms with Crippen LogP contribution in [-0.4, -0.2) is 77.5 Å². The molecule has 0 aromatic heterocycles. The first kappa shape index (κ1) is 25.3. The number of likely N-dealkylation sites (tertiary alicyclic amines) is 1. The van der Waals surface area contributed by atoms with Crippen molar-refractivity contribution in [2.75, 3.05) is 46.0 Å². The maximum absolute atomic E-state index is 13.2. The number of carbonyl (C=O) groups excluding carboxylic acids is 2. The number of benzene rings is 2. The Balaban J connectivity index is 1.72. The quantitative estimate of drug-likeness (QED) is 0.185. The second kappa shape index (κ2) is 11.3. The van der Waals surface area contributed by atoms with Gasteiger partial charge in [-0.1, -0.05) is 19.1 Å². The average molecular weight is 496 g/mol. The van der Waals surface area contributed by atoms with E-state index in [9.17, 15) is 24.8 Å². The van der Waals surface area contributed by atoms with Crippen LogP contribution in [0.2, 0.25) is 0 Å². The molecule has 2 aromatic carbocycles. The Kier molecular flexibility index (Phi) is 7.97. The molecule has 2 aromatic rings. The van der Waals surface area contributed by atoms with Crippen LogP contribution in [0.3, 0.4) is 0 Å². The summed E-state index contributed by atoms with van der Waals surface area (Å²) in [7, 11) is 0. The third-order valence-electron chi connectivity index (χ3n) is 6.30. The van der Waals surface area contributed by atoms with Gasteiger partial charge in [-0.15, -0.1) is 0 Å². The van der Waals surface area contributed by atoms with Crippen LogP contribution in [0.5, 0.6) is 5.75 Å². The third-order valence-corrected chi connectivity index (χ3v) is 6.30. The number of rotatable bonds is 9. The predicted octanol–water partition coefficient (Wildman–Crippen LogP) is 3.14. The fourth-order valence-corrected chi connectivity index (χ4v) is 4.42. The molecule has 0 aliphatic carbocycles. The molecule has 4 rings (SSSR count). The highest BCUT2D eigenvalue weighted by Gasteiger charge is 2.46. The van der Waals surface area contributed by atoms with Gasteiger partial charge in [0.1, 0.15) is 11.5 Å². The van der Waals surface area contributed by atoms with Crippen molar-refractivity contribution in [2.24, 2.45) is 0 Å². The second-order valence-electron chi connectivity index (χ2n) is 8.67. The molecule has 2 saturated heterocycles. The molecule has 10 heteroatoms. The Morgan fingerprint density at radius 1 is 1.14 bits per heavy atom. The fraction of sp³-hybridized carbons (Fsp3) is 0.385. The number of nitro benzene ring substituents is 1. The molecule has 0 spiro atoms. The molecule has 10 nitrogen and oxygen atoms in total. The molecule has 2 aliphatic rings. The average Bonchev–Trinajstić information content (AvgIpc) is 3.16. The van der Waals surface area contributed by atoms with Gasteiger partial charge < -0.3 is 19.5 Å². The molecule has 36 heavy (non-hydrogen) atoms. The molecule has 2 fully saturated rings. The van der Waals surface area contributed by atoms with Crippen LogP contribution in [-0.2, 0) is 14.3 Å². The number of aliphatic hydroxyl groups excluding tert-OH is 1. The molecule has 1 atom stereocenters. The van der Waals surface area contributed by atoms with Crippen LogP contribution in [0.1, 0.15) is 30.5 Å².